The van der Waals surface area contributed by atoms with Crippen molar-refractivity contribution in [1.82, 2.24) is 19.9 Å². The van der Waals surface area contributed by atoms with E-state index in [1.807, 2.05) is 0 Å². The molecule has 196 valence electrons. The van der Waals surface area contributed by atoms with Gasteiger partial charge in [0.2, 0.25) is 0 Å². The van der Waals surface area contributed by atoms with Crippen LogP contribution in [0.4, 0.5) is 10.1 Å². The summed E-state index contributed by atoms with van der Waals surface area (Å²) in [4.78, 5) is 36.9. The lowest BCUT2D eigenvalue weighted by Crippen LogP contribution is -2.40. The van der Waals surface area contributed by atoms with Gasteiger partial charge in [-0.25, -0.2) is 4.39 Å². The van der Waals surface area contributed by atoms with Gasteiger partial charge in [-0.2, -0.15) is 0 Å². The summed E-state index contributed by atoms with van der Waals surface area (Å²) >= 11 is 0. The van der Waals surface area contributed by atoms with Crippen molar-refractivity contribution in [2.45, 2.75) is 40.2 Å². The lowest BCUT2D eigenvalue weighted by molar-refractivity contribution is 0.0722. The zero-order valence-corrected chi connectivity index (χ0v) is 21.7. The van der Waals surface area contributed by atoms with Gasteiger partial charge in [0.15, 0.2) is 5.69 Å². The average Bonchev–Trinajstić information content (AvgIpc) is 3.31. The van der Waals surface area contributed by atoms with Crippen molar-refractivity contribution in [3.8, 4) is 0 Å². The van der Waals surface area contributed by atoms with Crippen molar-refractivity contribution in [2.75, 3.05) is 37.6 Å². The fourth-order valence-electron chi connectivity index (χ4n) is 4.76. The first-order valence-electron chi connectivity index (χ1n) is 12.8. The second-order valence-corrected chi connectivity index (χ2v) is 9.92. The van der Waals surface area contributed by atoms with Crippen LogP contribution >= 0.6 is 0 Å². The number of nitrogens with zero attached hydrogens (tertiary/aromatic N) is 5. The highest BCUT2D eigenvalue weighted by molar-refractivity contribution is 6.06. The molecule has 0 bridgehead atoms. The topological polar surface area (TPSA) is 82.8 Å². The fraction of sp³-hybridized carbons (Fsp3) is 0.429. The minimum Gasteiger partial charge on any atom is -0.361 e. The van der Waals surface area contributed by atoms with E-state index in [9.17, 15) is 14.0 Å². The molecule has 0 atom stereocenters. The molecule has 0 N–H and O–H groups in total. The van der Waals surface area contributed by atoms with Gasteiger partial charge in [-0.15, -0.1) is 0 Å². The van der Waals surface area contributed by atoms with Crippen molar-refractivity contribution < 1.29 is 18.5 Å². The SMILES string of the molecule is Cc1cc(C(=O)N2CCCN(CC(C)C)CCCN(C(=O)c3cccnc3)c3ccc(F)cc3C2)no1. The monoisotopic (exact) mass is 507 g/mol. The van der Waals surface area contributed by atoms with Crippen LogP contribution in [0.15, 0.2) is 53.3 Å². The van der Waals surface area contributed by atoms with Gasteiger partial charge in [0.1, 0.15) is 11.6 Å². The normalized spacial score (nSPS) is 15.7. The first-order valence-corrected chi connectivity index (χ1v) is 12.8. The summed E-state index contributed by atoms with van der Waals surface area (Å²) in [5.74, 6) is 0.108. The largest absolute Gasteiger partial charge is 0.361 e. The Hall–Kier alpha value is -3.59. The highest BCUT2D eigenvalue weighted by Crippen LogP contribution is 2.27. The molecular weight excluding hydrogens is 473 g/mol. The molecule has 9 heteroatoms. The van der Waals surface area contributed by atoms with E-state index in [1.165, 1.54) is 18.3 Å². The summed E-state index contributed by atoms with van der Waals surface area (Å²) in [5, 5.41) is 3.91. The second-order valence-electron chi connectivity index (χ2n) is 9.92. The Morgan fingerprint density at radius 1 is 1.05 bits per heavy atom. The van der Waals surface area contributed by atoms with Gasteiger partial charge in [-0.1, -0.05) is 19.0 Å². The van der Waals surface area contributed by atoms with Crippen molar-refractivity contribution in [1.29, 1.82) is 0 Å². The third-order valence-electron chi connectivity index (χ3n) is 6.36. The van der Waals surface area contributed by atoms with Crippen LogP contribution in [0, 0.1) is 18.7 Å². The van der Waals surface area contributed by atoms with E-state index in [0.717, 1.165) is 32.5 Å². The van der Waals surface area contributed by atoms with Crippen LogP contribution in [0.5, 0.6) is 0 Å². The highest BCUT2D eigenvalue weighted by atomic mass is 19.1. The quantitative estimate of drug-likeness (QED) is 0.515. The van der Waals surface area contributed by atoms with Crippen molar-refractivity contribution in [2.24, 2.45) is 5.92 Å². The molecular formula is C28H34FN5O3. The van der Waals surface area contributed by atoms with E-state index in [2.05, 4.69) is 28.9 Å². The van der Waals surface area contributed by atoms with Crippen molar-refractivity contribution in [3.05, 3.63) is 77.2 Å². The molecule has 0 aliphatic carbocycles. The maximum absolute atomic E-state index is 14.5. The number of aryl methyl sites for hydroxylation is 1. The predicted octanol–water partition coefficient (Wildman–Crippen LogP) is 4.56. The molecule has 2 amide bonds. The molecule has 1 aromatic carbocycles. The van der Waals surface area contributed by atoms with E-state index in [-0.39, 0.29) is 24.1 Å². The molecule has 1 aliphatic heterocycles. The summed E-state index contributed by atoms with van der Waals surface area (Å²) in [5.41, 5.74) is 1.81. The Morgan fingerprint density at radius 3 is 2.51 bits per heavy atom. The smallest absolute Gasteiger partial charge is 0.276 e. The number of hydrogen-bond donors (Lipinski definition) is 0. The van der Waals surface area contributed by atoms with Crippen LogP contribution in [0.2, 0.25) is 0 Å². The summed E-state index contributed by atoms with van der Waals surface area (Å²) < 4.78 is 19.6. The van der Waals surface area contributed by atoms with Gasteiger partial charge in [0.25, 0.3) is 11.8 Å². The Kier molecular flexibility index (Phi) is 8.66. The molecule has 0 spiro atoms. The number of fused-ring (bicyclic) bond motifs is 1. The maximum atomic E-state index is 14.5. The van der Waals surface area contributed by atoms with Crippen LogP contribution in [0.3, 0.4) is 0 Å². The van der Waals surface area contributed by atoms with Crippen LogP contribution < -0.4 is 4.90 Å². The number of carbonyl (C=O) groups excluding carboxylic acids is 2. The Morgan fingerprint density at radius 2 is 1.84 bits per heavy atom. The number of anilines is 1. The number of aromatic nitrogens is 2. The molecule has 37 heavy (non-hydrogen) atoms. The lowest BCUT2D eigenvalue weighted by atomic mass is 10.1. The standard InChI is InChI=1S/C28H34FN5O3/c1-20(2)18-32-11-5-13-33(28(36)25-15-21(3)37-31-25)19-23-16-24(29)8-9-26(23)34(14-6-12-32)27(35)22-7-4-10-30-17-22/h4,7-10,15-17,20H,5-6,11-14,18-19H2,1-3H3. The van der Waals surface area contributed by atoms with Crippen molar-refractivity contribution in [3.63, 3.8) is 0 Å². The number of amides is 2. The zero-order valence-electron chi connectivity index (χ0n) is 21.7. The van der Waals surface area contributed by atoms with Gasteiger partial charge in [-0.05, 0) is 74.7 Å². The molecule has 0 unspecified atom stereocenters. The van der Waals surface area contributed by atoms with Crippen LogP contribution in [0.25, 0.3) is 0 Å². The van der Waals surface area contributed by atoms with Gasteiger partial charge in [0, 0.05) is 50.3 Å². The zero-order chi connectivity index (χ0) is 26.4. The molecule has 8 nitrogen and oxygen atoms in total. The summed E-state index contributed by atoms with van der Waals surface area (Å²) in [6, 6.07) is 9.44. The molecule has 4 rings (SSSR count). The number of halogens is 1. The summed E-state index contributed by atoms with van der Waals surface area (Å²) in [6.07, 6.45) is 4.68. The Balaban J connectivity index is 1.73. The number of rotatable bonds is 4. The van der Waals surface area contributed by atoms with E-state index in [0.29, 0.717) is 41.6 Å². The molecule has 3 aromatic rings. The minimum absolute atomic E-state index is 0.138. The first kappa shape index (κ1) is 26.5. The lowest BCUT2D eigenvalue weighted by Gasteiger charge is -2.32. The van der Waals surface area contributed by atoms with Gasteiger partial charge >= 0.3 is 0 Å². The second kappa shape index (κ2) is 12.1. The van der Waals surface area contributed by atoms with Crippen LogP contribution in [-0.4, -0.2) is 64.5 Å². The number of pyridine rings is 1. The van der Waals surface area contributed by atoms with E-state index < -0.39 is 5.82 Å². The van der Waals surface area contributed by atoms with Crippen molar-refractivity contribution >= 4 is 17.5 Å². The molecule has 0 fully saturated rings. The van der Waals surface area contributed by atoms with Gasteiger partial charge in [0.05, 0.1) is 5.56 Å². The fourth-order valence-corrected chi connectivity index (χ4v) is 4.76. The number of benzene rings is 1. The maximum Gasteiger partial charge on any atom is 0.276 e. The first-order chi connectivity index (χ1) is 17.8. The number of hydrogen-bond acceptors (Lipinski definition) is 6. The summed E-state index contributed by atoms with van der Waals surface area (Å²) in [7, 11) is 0. The van der Waals surface area contributed by atoms with Crippen LogP contribution in [-0.2, 0) is 6.54 Å². The highest BCUT2D eigenvalue weighted by Gasteiger charge is 2.26. The van der Waals surface area contributed by atoms with E-state index in [1.54, 1.807) is 47.2 Å². The van der Waals surface area contributed by atoms with E-state index in [4.69, 9.17) is 4.52 Å². The third-order valence-corrected chi connectivity index (χ3v) is 6.36. The third kappa shape index (κ3) is 6.80. The molecule has 1 aliphatic rings. The Labute approximate surface area is 217 Å². The Bertz CT molecular complexity index is 1210. The molecule has 2 aromatic heterocycles. The molecule has 0 saturated carbocycles. The van der Waals surface area contributed by atoms with Crippen LogP contribution in [0.1, 0.15) is 58.9 Å². The molecule has 0 radical (unpaired) electrons. The number of carbonyl (C=O) groups is 2. The van der Waals surface area contributed by atoms with Gasteiger partial charge < -0.3 is 19.2 Å². The molecule has 0 saturated heterocycles. The van der Waals surface area contributed by atoms with E-state index >= 15 is 0 Å². The summed E-state index contributed by atoms with van der Waals surface area (Å²) in [6.45, 7) is 9.70. The minimum atomic E-state index is -0.424. The molecule has 3 heterocycles. The van der Waals surface area contributed by atoms with Gasteiger partial charge in [-0.3, -0.25) is 14.6 Å². The predicted molar refractivity (Wildman–Crippen MR) is 139 cm³/mol. The average molecular weight is 508 g/mol.